The van der Waals surface area contributed by atoms with Crippen LogP contribution in [0.4, 0.5) is 5.69 Å². The second kappa shape index (κ2) is 5.85. The molecule has 0 bridgehead atoms. The lowest BCUT2D eigenvalue weighted by Crippen LogP contribution is -2.21. The highest BCUT2D eigenvalue weighted by atomic mass is 32.1. The van der Waals surface area contributed by atoms with Crippen LogP contribution in [0.1, 0.15) is 5.69 Å². The second-order valence-electron chi connectivity index (χ2n) is 4.44. The van der Waals surface area contributed by atoms with Crippen molar-refractivity contribution < 1.29 is 4.92 Å². The van der Waals surface area contributed by atoms with Crippen LogP contribution in [0.3, 0.4) is 0 Å². The van der Waals surface area contributed by atoms with Crippen LogP contribution >= 0.6 is 11.3 Å². The quantitative estimate of drug-likeness (QED) is 0.324. The molecule has 0 saturated heterocycles. The van der Waals surface area contributed by atoms with Crippen LogP contribution in [-0.4, -0.2) is 26.5 Å². The van der Waals surface area contributed by atoms with Gasteiger partial charge in [0.15, 0.2) is 4.96 Å². The van der Waals surface area contributed by atoms with Gasteiger partial charge < -0.3 is 11.5 Å². The Bertz CT molecular complexity index is 937. The van der Waals surface area contributed by atoms with Gasteiger partial charge in [-0.15, -0.1) is 16.4 Å². The van der Waals surface area contributed by atoms with Gasteiger partial charge in [-0.25, -0.2) is 4.98 Å². The summed E-state index contributed by atoms with van der Waals surface area (Å²) in [5.41, 5.74) is 11.9. The van der Waals surface area contributed by atoms with Crippen molar-refractivity contribution in [3.63, 3.8) is 0 Å². The molecule has 116 valence electrons. The topological polar surface area (TPSA) is 137 Å². The first kappa shape index (κ1) is 14.7. The molecular formula is C13H11N7O2S. The predicted octanol–water partition coefficient (Wildman–Crippen LogP) is 1.58. The largest absolute Gasteiger partial charge is 0.369 e. The first-order valence-corrected chi connectivity index (χ1v) is 7.27. The van der Waals surface area contributed by atoms with Crippen molar-refractivity contribution in [2.24, 2.45) is 21.7 Å². The normalized spacial score (nSPS) is 11.1. The molecule has 0 aliphatic rings. The molecule has 1 aromatic carbocycles. The number of hydrogen-bond acceptors (Lipinski definition) is 6. The minimum atomic E-state index is -0.445. The first-order chi connectivity index (χ1) is 11.1. The number of benzene rings is 1. The number of rotatable bonds is 4. The van der Waals surface area contributed by atoms with Gasteiger partial charge in [-0.1, -0.05) is 12.1 Å². The highest BCUT2D eigenvalue weighted by Crippen LogP contribution is 2.32. The summed E-state index contributed by atoms with van der Waals surface area (Å²) in [7, 11) is 0. The summed E-state index contributed by atoms with van der Waals surface area (Å²) in [5, 5.41) is 20.4. The number of aromatic nitrogens is 2. The van der Waals surface area contributed by atoms with Crippen molar-refractivity contribution in [1.82, 2.24) is 9.38 Å². The zero-order valence-electron chi connectivity index (χ0n) is 11.7. The number of thiazole rings is 1. The van der Waals surface area contributed by atoms with Crippen LogP contribution < -0.4 is 11.5 Å². The summed E-state index contributed by atoms with van der Waals surface area (Å²) in [4.78, 5) is 15.9. The number of nitrogens with two attached hydrogens (primary N) is 2. The zero-order valence-corrected chi connectivity index (χ0v) is 12.5. The molecule has 0 amide bonds. The van der Waals surface area contributed by atoms with Crippen molar-refractivity contribution in [1.29, 1.82) is 0 Å². The number of hydrogen-bond donors (Lipinski definition) is 2. The van der Waals surface area contributed by atoms with Gasteiger partial charge in [0.25, 0.3) is 5.69 Å². The third-order valence-electron chi connectivity index (χ3n) is 3.01. The van der Waals surface area contributed by atoms with Gasteiger partial charge in [-0.2, -0.15) is 5.10 Å². The molecule has 0 spiro atoms. The minimum absolute atomic E-state index is 0.0326. The van der Waals surface area contributed by atoms with E-state index >= 15 is 0 Å². The van der Waals surface area contributed by atoms with E-state index in [9.17, 15) is 10.1 Å². The van der Waals surface area contributed by atoms with E-state index in [0.29, 0.717) is 21.9 Å². The van der Waals surface area contributed by atoms with E-state index in [1.54, 1.807) is 28.8 Å². The summed E-state index contributed by atoms with van der Waals surface area (Å²) >= 11 is 1.41. The highest BCUT2D eigenvalue weighted by molar-refractivity contribution is 7.15. The third-order valence-corrected chi connectivity index (χ3v) is 3.76. The Labute approximate surface area is 133 Å². The molecule has 4 N–H and O–H groups in total. The fourth-order valence-electron chi connectivity index (χ4n) is 2.11. The Kier molecular flexibility index (Phi) is 3.73. The van der Waals surface area contributed by atoms with Crippen LogP contribution in [-0.2, 0) is 0 Å². The Morgan fingerprint density at radius 3 is 2.91 bits per heavy atom. The Hall–Kier alpha value is -3.27. The number of imidazole rings is 1. The molecule has 3 aromatic rings. The van der Waals surface area contributed by atoms with E-state index in [1.807, 2.05) is 5.38 Å². The molecule has 0 fully saturated rings. The van der Waals surface area contributed by atoms with Gasteiger partial charge in [0.05, 0.1) is 22.4 Å². The minimum Gasteiger partial charge on any atom is -0.369 e. The standard InChI is InChI=1S/C13H11N7O2S/c14-12(15)18-16-7-10-11(17-13-19(10)5-6-23-13)8-3-1-2-4-9(8)20(21)22/h1-7H,(H4,14,15,18)/b16-7+. The Morgan fingerprint density at radius 1 is 1.39 bits per heavy atom. The van der Waals surface area contributed by atoms with Crippen LogP contribution in [0.25, 0.3) is 16.2 Å². The third kappa shape index (κ3) is 2.74. The Morgan fingerprint density at radius 2 is 2.17 bits per heavy atom. The predicted molar refractivity (Wildman–Crippen MR) is 88.6 cm³/mol. The Balaban J connectivity index is 2.22. The number of nitrogens with zero attached hydrogens (tertiary/aromatic N) is 5. The molecule has 0 radical (unpaired) electrons. The lowest BCUT2D eigenvalue weighted by Gasteiger charge is -2.01. The van der Waals surface area contributed by atoms with Gasteiger partial charge in [-0.3, -0.25) is 14.5 Å². The first-order valence-electron chi connectivity index (χ1n) is 6.39. The lowest BCUT2D eigenvalue weighted by molar-refractivity contribution is -0.384. The van der Waals surface area contributed by atoms with Crippen molar-refractivity contribution in [2.45, 2.75) is 0 Å². The molecule has 2 aromatic heterocycles. The molecule has 0 saturated carbocycles. The fourth-order valence-corrected chi connectivity index (χ4v) is 2.83. The summed E-state index contributed by atoms with van der Waals surface area (Å²) in [6.07, 6.45) is 3.21. The van der Waals surface area contributed by atoms with E-state index in [4.69, 9.17) is 11.5 Å². The molecule has 0 aliphatic carbocycles. The van der Waals surface area contributed by atoms with Gasteiger partial charge in [0.1, 0.15) is 5.69 Å². The number of guanidine groups is 1. The number of fused-ring (bicyclic) bond motifs is 1. The van der Waals surface area contributed by atoms with Crippen molar-refractivity contribution in [3.05, 3.63) is 51.7 Å². The number of para-hydroxylation sites is 1. The molecule has 9 nitrogen and oxygen atoms in total. The van der Waals surface area contributed by atoms with Gasteiger partial charge in [-0.05, 0) is 6.07 Å². The van der Waals surface area contributed by atoms with E-state index in [2.05, 4.69) is 15.2 Å². The van der Waals surface area contributed by atoms with Crippen LogP contribution in [0.5, 0.6) is 0 Å². The van der Waals surface area contributed by atoms with Gasteiger partial charge in [0, 0.05) is 17.6 Å². The summed E-state index contributed by atoms with van der Waals surface area (Å²) in [6.45, 7) is 0. The monoisotopic (exact) mass is 329 g/mol. The van der Waals surface area contributed by atoms with E-state index < -0.39 is 4.92 Å². The molecular weight excluding hydrogens is 318 g/mol. The van der Waals surface area contributed by atoms with Crippen LogP contribution in [0, 0.1) is 10.1 Å². The number of nitro benzene ring substituents is 1. The van der Waals surface area contributed by atoms with Crippen molar-refractivity contribution in [2.75, 3.05) is 0 Å². The molecule has 0 unspecified atom stereocenters. The van der Waals surface area contributed by atoms with Crippen molar-refractivity contribution in [3.8, 4) is 11.3 Å². The lowest BCUT2D eigenvalue weighted by atomic mass is 10.1. The molecule has 2 heterocycles. The van der Waals surface area contributed by atoms with E-state index in [1.165, 1.54) is 23.6 Å². The molecule has 23 heavy (non-hydrogen) atoms. The average Bonchev–Trinajstić information content (AvgIpc) is 3.09. The average molecular weight is 329 g/mol. The van der Waals surface area contributed by atoms with Crippen LogP contribution in [0.15, 0.2) is 46.0 Å². The second-order valence-corrected chi connectivity index (χ2v) is 5.32. The molecule has 0 aliphatic heterocycles. The summed E-state index contributed by atoms with van der Waals surface area (Å²) < 4.78 is 1.77. The highest BCUT2D eigenvalue weighted by Gasteiger charge is 2.21. The fraction of sp³-hybridized carbons (Fsp3) is 0. The summed E-state index contributed by atoms with van der Waals surface area (Å²) in [5.74, 6) is -0.181. The van der Waals surface area contributed by atoms with E-state index in [0.717, 1.165) is 0 Å². The summed E-state index contributed by atoms with van der Waals surface area (Å²) in [6, 6.07) is 6.39. The van der Waals surface area contributed by atoms with Crippen LogP contribution in [0.2, 0.25) is 0 Å². The maximum Gasteiger partial charge on any atom is 0.278 e. The molecule has 3 rings (SSSR count). The van der Waals surface area contributed by atoms with E-state index in [-0.39, 0.29) is 11.6 Å². The maximum absolute atomic E-state index is 11.2. The van der Waals surface area contributed by atoms with Gasteiger partial charge >= 0.3 is 0 Å². The number of nitro groups is 1. The van der Waals surface area contributed by atoms with Crippen molar-refractivity contribution >= 4 is 34.2 Å². The SMILES string of the molecule is NC(N)=N/N=C/c1c(-c2ccccc2[N+](=O)[O-])nc2sccn12. The zero-order chi connectivity index (χ0) is 16.4. The molecule has 0 atom stereocenters. The maximum atomic E-state index is 11.2. The molecule has 10 heteroatoms. The smallest absolute Gasteiger partial charge is 0.278 e. The van der Waals surface area contributed by atoms with Gasteiger partial charge in [0.2, 0.25) is 5.96 Å².